The molecule has 8 nitrogen and oxygen atoms in total. The van der Waals surface area contributed by atoms with E-state index in [4.69, 9.17) is 15.9 Å². The summed E-state index contributed by atoms with van der Waals surface area (Å²) < 4.78 is 5.25. The van der Waals surface area contributed by atoms with E-state index in [0.717, 1.165) is 0 Å². The number of carboxylic acid groups (broad SMARTS) is 1. The average Bonchev–Trinajstić information content (AvgIpc) is 2.97. The smallest absolute Gasteiger partial charge is 0.339 e. The molecule has 0 aliphatic rings. The lowest BCUT2D eigenvalue weighted by Gasteiger charge is -2.09. The Labute approximate surface area is 129 Å². The van der Waals surface area contributed by atoms with Gasteiger partial charge in [0.1, 0.15) is 16.8 Å². The number of hydrogen-bond acceptors (Lipinski definition) is 7. The van der Waals surface area contributed by atoms with E-state index in [1.807, 2.05) is 0 Å². The second-order valence-corrected chi connectivity index (χ2v) is 4.88. The number of furan rings is 1. The van der Waals surface area contributed by atoms with Crippen molar-refractivity contribution >= 4 is 34.4 Å². The molecule has 0 fully saturated rings. The van der Waals surface area contributed by atoms with Crippen LogP contribution >= 0.6 is 0 Å². The number of carbonyl (C=O) groups excluding carboxylic acids is 1. The number of nitrogens with two attached hydrogens (primary N) is 2. The largest absolute Gasteiger partial charge is 0.478 e. The third kappa shape index (κ3) is 2.26. The van der Waals surface area contributed by atoms with Gasteiger partial charge in [0.2, 0.25) is 0 Å². The van der Waals surface area contributed by atoms with Crippen LogP contribution in [-0.4, -0.2) is 26.8 Å². The fourth-order valence-electron chi connectivity index (χ4n) is 2.36. The Morgan fingerprint density at radius 1 is 1.13 bits per heavy atom. The lowest BCUT2D eigenvalue weighted by molar-refractivity contribution is 0.0697. The summed E-state index contributed by atoms with van der Waals surface area (Å²) in [6.07, 6.45) is 1.37. The van der Waals surface area contributed by atoms with E-state index in [0.29, 0.717) is 10.9 Å². The summed E-state index contributed by atoms with van der Waals surface area (Å²) in [6.45, 7) is 1.31. The fraction of sp³-hybridized carbons (Fsp3) is 0.0667. The number of nitrogen functional groups attached to an aromatic ring is 2. The summed E-state index contributed by atoms with van der Waals surface area (Å²) in [5.74, 6) is -1.47. The molecule has 5 N–H and O–H groups in total. The number of Topliss-reactive ketones (excluding diaryl/α,β-unsaturated/α-hetero) is 1. The van der Waals surface area contributed by atoms with Crippen LogP contribution in [0, 0.1) is 0 Å². The highest BCUT2D eigenvalue weighted by Gasteiger charge is 2.20. The minimum Gasteiger partial charge on any atom is -0.478 e. The Morgan fingerprint density at radius 3 is 2.52 bits per heavy atom. The van der Waals surface area contributed by atoms with Gasteiger partial charge in [-0.15, -0.1) is 0 Å². The number of carboxylic acids is 1. The lowest BCUT2D eigenvalue weighted by Crippen LogP contribution is -2.10. The van der Waals surface area contributed by atoms with Crippen molar-refractivity contribution in [2.45, 2.75) is 6.92 Å². The molecule has 3 aromatic rings. The van der Waals surface area contributed by atoms with Crippen LogP contribution < -0.4 is 11.5 Å². The molecule has 2 heterocycles. The van der Waals surface area contributed by atoms with Gasteiger partial charge in [-0.3, -0.25) is 4.79 Å². The second kappa shape index (κ2) is 5.09. The molecule has 0 aliphatic heterocycles. The van der Waals surface area contributed by atoms with E-state index in [1.54, 1.807) is 12.1 Å². The first-order chi connectivity index (χ1) is 10.9. The minimum atomic E-state index is -1.11. The Morgan fingerprint density at radius 2 is 1.87 bits per heavy atom. The molecule has 0 aliphatic carbocycles. The van der Waals surface area contributed by atoms with Gasteiger partial charge in [0.15, 0.2) is 23.1 Å². The number of aromatic nitrogens is 2. The van der Waals surface area contributed by atoms with Gasteiger partial charge in [0.05, 0.1) is 6.26 Å². The van der Waals surface area contributed by atoms with Gasteiger partial charge < -0.3 is 21.0 Å². The zero-order chi connectivity index (χ0) is 16.7. The highest BCUT2D eigenvalue weighted by atomic mass is 16.4. The van der Waals surface area contributed by atoms with E-state index in [9.17, 15) is 14.7 Å². The van der Waals surface area contributed by atoms with Crippen molar-refractivity contribution in [3.63, 3.8) is 0 Å². The number of rotatable bonds is 3. The number of ketones is 1. The monoisotopic (exact) mass is 312 g/mol. The lowest BCUT2D eigenvalue weighted by atomic mass is 10.0. The van der Waals surface area contributed by atoms with Gasteiger partial charge in [-0.1, -0.05) is 6.07 Å². The number of benzene rings is 1. The normalized spacial score (nSPS) is 10.8. The van der Waals surface area contributed by atoms with Crippen LogP contribution in [0.15, 0.2) is 28.9 Å². The van der Waals surface area contributed by atoms with E-state index in [1.165, 1.54) is 19.3 Å². The molecule has 0 spiro atoms. The molecule has 0 saturated heterocycles. The maximum absolute atomic E-state index is 11.4. The zero-order valence-corrected chi connectivity index (χ0v) is 12.0. The number of fused-ring (bicyclic) bond motifs is 1. The summed E-state index contributed by atoms with van der Waals surface area (Å²) in [7, 11) is 0. The van der Waals surface area contributed by atoms with Crippen molar-refractivity contribution in [1.82, 2.24) is 9.97 Å². The Balaban J connectivity index is 2.28. The van der Waals surface area contributed by atoms with E-state index in [-0.39, 0.29) is 40.0 Å². The predicted octanol–water partition coefficient (Wildman–Crippen LogP) is 1.95. The van der Waals surface area contributed by atoms with Crippen molar-refractivity contribution < 1.29 is 19.1 Å². The number of carbonyl (C=O) groups is 2. The van der Waals surface area contributed by atoms with Gasteiger partial charge in [0.25, 0.3) is 0 Å². The molecule has 116 valence electrons. The van der Waals surface area contributed by atoms with E-state index >= 15 is 0 Å². The van der Waals surface area contributed by atoms with Crippen molar-refractivity contribution in [1.29, 1.82) is 0 Å². The topological polar surface area (TPSA) is 145 Å². The average molecular weight is 312 g/mol. The third-order valence-corrected chi connectivity index (χ3v) is 3.39. The first kappa shape index (κ1) is 14.5. The third-order valence-electron chi connectivity index (χ3n) is 3.39. The minimum absolute atomic E-state index is 0.00292. The quantitative estimate of drug-likeness (QED) is 0.622. The van der Waals surface area contributed by atoms with Crippen LogP contribution in [0.1, 0.15) is 27.8 Å². The van der Waals surface area contributed by atoms with E-state index < -0.39 is 5.97 Å². The standard InChI is InChI=1S/C15H12N4O4/c1-6(20)10-13(16)19-11(14(17)18-10)7-2-3-9(15(21)22)12-8(7)4-5-23-12/h2-5H,1H3,(H2,16,19)(H2,17,18)(H,21,22). The van der Waals surface area contributed by atoms with Gasteiger partial charge in [-0.05, 0) is 12.1 Å². The van der Waals surface area contributed by atoms with Gasteiger partial charge in [-0.25, -0.2) is 14.8 Å². The van der Waals surface area contributed by atoms with Crippen LogP contribution in [0.5, 0.6) is 0 Å². The van der Waals surface area contributed by atoms with Crippen LogP contribution in [0.4, 0.5) is 11.6 Å². The molecule has 2 aromatic heterocycles. The SMILES string of the molecule is CC(=O)c1nc(N)c(-c2ccc(C(=O)O)c3occc23)nc1N. The predicted molar refractivity (Wildman–Crippen MR) is 83.0 cm³/mol. The molecule has 1 aromatic carbocycles. The Kier molecular flexibility index (Phi) is 3.21. The number of anilines is 2. The number of hydrogen-bond donors (Lipinski definition) is 3. The highest BCUT2D eigenvalue weighted by molar-refractivity contribution is 6.07. The molecule has 0 radical (unpaired) electrons. The first-order valence-electron chi connectivity index (χ1n) is 6.58. The summed E-state index contributed by atoms with van der Waals surface area (Å²) in [5.41, 5.74) is 12.6. The molecule has 23 heavy (non-hydrogen) atoms. The van der Waals surface area contributed by atoms with Gasteiger partial charge >= 0.3 is 5.97 Å². The molecular weight excluding hydrogens is 300 g/mol. The van der Waals surface area contributed by atoms with Crippen molar-refractivity contribution in [2.75, 3.05) is 11.5 Å². The Bertz CT molecular complexity index is 962. The van der Waals surface area contributed by atoms with E-state index in [2.05, 4.69) is 9.97 Å². The molecule has 0 atom stereocenters. The molecular formula is C15H12N4O4. The van der Waals surface area contributed by atoms with Gasteiger partial charge in [0, 0.05) is 17.9 Å². The number of aromatic carboxylic acids is 1. The molecule has 8 heteroatoms. The van der Waals surface area contributed by atoms with Crippen LogP contribution in [0.3, 0.4) is 0 Å². The maximum atomic E-state index is 11.4. The van der Waals surface area contributed by atoms with Crippen LogP contribution in [0.25, 0.3) is 22.2 Å². The highest BCUT2D eigenvalue weighted by Crippen LogP contribution is 2.33. The summed E-state index contributed by atoms with van der Waals surface area (Å²) >= 11 is 0. The maximum Gasteiger partial charge on any atom is 0.339 e. The molecule has 0 saturated carbocycles. The van der Waals surface area contributed by atoms with Crippen molar-refractivity contribution in [3.05, 3.63) is 35.7 Å². The van der Waals surface area contributed by atoms with Crippen LogP contribution in [0.2, 0.25) is 0 Å². The molecule has 0 unspecified atom stereocenters. The molecule has 0 amide bonds. The fourth-order valence-corrected chi connectivity index (χ4v) is 2.36. The zero-order valence-electron chi connectivity index (χ0n) is 12.0. The molecule has 3 rings (SSSR count). The summed E-state index contributed by atoms with van der Waals surface area (Å²) in [6, 6.07) is 4.54. The second-order valence-electron chi connectivity index (χ2n) is 4.88. The number of nitrogens with zero attached hydrogens (tertiary/aromatic N) is 2. The van der Waals surface area contributed by atoms with Crippen LogP contribution in [-0.2, 0) is 0 Å². The summed E-state index contributed by atoms with van der Waals surface area (Å²) in [4.78, 5) is 30.8. The molecule has 0 bridgehead atoms. The van der Waals surface area contributed by atoms with Crippen molar-refractivity contribution in [2.24, 2.45) is 0 Å². The van der Waals surface area contributed by atoms with Crippen molar-refractivity contribution in [3.8, 4) is 11.3 Å². The Hall–Kier alpha value is -3.42. The summed E-state index contributed by atoms with van der Waals surface area (Å²) in [5, 5.41) is 9.70. The first-order valence-corrected chi connectivity index (χ1v) is 6.58. The van der Waals surface area contributed by atoms with Gasteiger partial charge in [-0.2, -0.15) is 0 Å².